The lowest BCUT2D eigenvalue weighted by atomic mass is 9.76. The predicted molar refractivity (Wildman–Crippen MR) is 151 cm³/mol. The smallest absolute Gasteiger partial charge is 0.193 e. The van der Waals surface area contributed by atoms with Gasteiger partial charge in [-0.3, -0.25) is 9.59 Å². The average molecular weight is 517 g/mol. The third kappa shape index (κ3) is 4.66. The van der Waals surface area contributed by atoms with Crippen LogP contribution in [0.4, 0.5) is 11.4 Å². The third-order valence-electron chi connectivity index (χ3n) is 7.52. The first-order chi connectivity index (χ1) is 19.0. The number of hydrogen-bond donors (Lipinski definition) is 3. The highest BCUT2D eigenvalue weighted by Gasteiger charge is 2.40. The predicted octanol–water partition coefficient (Wildman–Crippen LogP) is 6.47. The van der Waals surface area contributed by atoms with Crippen LogP contribution < -0.4 is 15.4 Å². The molecule has 2 aliphatic rings. The van der Waals surface area contributed by atoms with Gasteiger partial charge in [0.25, 0.3) is 0 Å². The van der Waals surface area contributed by atoms with Crippen LogP contribution in [0, 0.1) is 5.92 Å². The van der Waals surface area contributed by atoms with Crippen molar-refractivity contribution in [2.24, 2.45) is 5.92 Å². The van der Waals surface area contributed by atoms with Gasteiger partial charge < -0.3 is 20.5 Å². The number of allylic oxidation sites excluding steroid dienone is 1. The van der Waals surface area contributed by atoms with Crippen LogP contribution in [0.1, 0.15) is 45.4 Å². The van der Waals surface area contributed by atoms with Gasteiger partial charge in [-0.05, 0) is 41.5 Å². The lowest BCUT2D eigenvalue weighted by molar-refractivity contribution is -0.122. The largest absolute Gasteiger partial charge is 0.504 e. The van der Waals surface area contributed by atoms with E-state index in [2.05, 4.69) is 16.7 Å². The second-order valence-corrected chi connectivity index (χ2v) is 9.92. The van der Waals surface area contributed by atoms with E-state index in [0.29, 0.717) is 23.3 Å². The topological polar surface area (TPSA) is 87.7 Å². The van der Waals surface area contributed by atoms with Gasteiger partial charge in [0, 0.05) is 29.2 Å². The Morgan fingerprint density at radius 3 is 2.33 bits per heavy atom. The molecular formula is C33H28N2O4. The number of aromatic hydroxyl groups is 1. The monoisotopic (exact) mass is 516 g/mol. The van der Waals surface area contributed by atoms with Crippen LogP contribution in [-0.2, 0) is 4.79 Å². The number of phenolic OH excluding ortho intramolecular Hbond substituents is 1. The van der Waals surface area contributed by atoms with E-state index in [4.69, 9.17) is 4.74 Å². The molecular weight excluding hydrogens is 488 g/mol. The molecule has 0 spiro atoms. The molecule has 4 aromatic carbocycles. The number of rotatable bonds is 5. The number of nitrogens with one attached hydrogen (secondary N) is 2. The van der Waals surface area contributed by atoms with Gasteiger partial charge in [-0.1, -0.05) is 72.8 Å². The van der Waals surface area contributed by atoms with E-state index in [0.717, 1.165) is 28.2 Å². The highest BCUT2D eigenvalue weighted by atomic mass is 16.5. The fourth-order valence-corrected chi connectivity index (χ4v) is 5.54. The molecule has 4 aromatic rings. The van der Waals surface area contributed by atoms with E-state index in [1.807, 2.05) is 66.7 Å². The first kappa shape index (κ1) is 24.5. The van der Waals surface area contributed by atoms with Gasteiger partial charge in [-0.15, -0.1) is 0 Å². The van der Waals surface area contributed by atoms with E-state index in [1.54, 1.807) is 30.3 Å². The molecule has 0 saturated heterocycles. The Bertz CT molecular complexity index is 1580. The number of Topliss-reactive ketones (excluding diaryl/α,β-unsaturated/α-hetero) is 1. The fraction of sp³-hybridized carbons (Fsp3) is 0.152. The summed E-state index contributed by atoms with van der Waals surface area (Å²) >= 11 is 0. The summed E-state index contributed by atoms with van der Waals surface area (Å²) in [6.45, 7) is 0. The van der Waals surface area contributed by atoms with Crippen molar-refractivity contribution in [3.63, 3.8) is 0 Å². The average Bonchev–Trinajstić information content (AvgIpc) is 3.14. The van der Waals surface area contributed by atoms with Crippen LogP contribution in [0.5, 0.6) is 11.5 Å². The van der Waals surface area contributed by atoms with Crippen molar-refractivity contribution >= 4 is 22.9 Å². The van der Waals surface area contributed by atoms with Crippen LogP contribution in [0.2, 0.25) is 0 Å². The summed E-state index contributed by atoms with van der Waals surface area (Å²) in [5.74, 6) is -0.162. The Labute approximate surface area is 227 Å². The Hall–Kier alpha value is -4.84. The molecule has 0 amide bonds. The molecule has 1 heterocycles. The number of ketones is 2. The van der Waals surface area contributed by atoms with Crippen molar-refractivity contribution in [1.82, 2.24) is 0 Å². The molecule has 0 bridgehead atoms. The number of carbonyl (C=O) groups is 2. The Morgan fingerprint density at radius 1 is 0.846 bits per heavy atom. The molecule has 0 saturated carbocycles. The molecule has 0 aromatic heterocycles. The number of carbonyl (C=O) groups excluding carboxylic acids is 2. The maximum absolute atomic E-state index is 13.8. The van der Waals surface area contributed by atoms with E-state index < -0.39 is 12.0 Å². The molecule has 6 heteroatoms. The molecule has 0 unspecified atom stereocenters. The molecule has 0 fully saturated rings. The number of hydrogen-bond acceptors (Lipinski definition) is 6. The van der Waals surface area contributed by atoms with E-state index >= 15 is 0 Å². The Balaban J connectivity index is 1.46. The van der Waals surface area contributed by atoms with Gasteiger partial charge in [-0.25, -0.2) is 0 Å². The lowest BCUT2D eigenvalue weighted by Gasteiger charge is -2.32. The zero-order chi connectivity index (χ0) is 26.9. The van der Waals surface area contributed by atoms with Crippen molar-refractivity contribution in [3.05, 3.63) is 131 Å². The lowest BCUT2D eigenvalue weighted by Crippen LogP contribution is -2.33. The quantitative estimate of drug-likeness (QED) is 0.264. The maximum atomic E-state index is 13.8. The normalized spacial score (nSPS) is 19.9. The number of fused-ring (bicyclic) bond motifs is 2. The minimum atomic E-state index is -0.500. The van der Waals surface area contributed by atoms with Crippen LogP contribution in [0.15, 0.2) is 109 Å². The molecule has 6 rings (SSSR count). The van der Waals surface area contributed by atoms with Crippen molar-refractivity contribution in [2.75, 3.05) is 17.7 Å². The SMILES string of the molecule is COc1cc([C@H]2Nc3ccc(C(=O)c4ccccc4)cc3NC3=C[C@H](c4ccccc4)CC(=O)[C@@H]32)ccc1O. The molecule has 39 heavy (non-hydrogen) atoms. The van der Waals surface area contributed by atoms with Crippen molar-refractivity contribution < 1.29 is 19.4 Å². The zero-order valence-electron chi connectivity index (χ0n) is 21.4. The van der Waals surface area contributed by atoms with Crippen molar-refractivity contribution in [3.8, 4) is 11.5 Å². The van der Waals surface area contributed by atoms with Gasteiger partial charge in [0.2, 0.25) is 0 Å². The zero-order valence-corrected chi connectivity index (χ0v) is 21.4. The first-order valence-corrected chi connectivity index (χ1v) is 13.0. The maximum Gasteiger partial charge on any atom is 0.193 e. The van der Waals surface area contributed by atoms with Gasteiger partial charge >= 0.3 is 0 Å². The Morgan fingerprint density at radius 2 is 1.59 bits per heavy atom. The van der Waals surface area contributed by atoms with Gasteiger partial charge in [0.1, 0.15) is 5.78 Å². The highest BCUT2D eigenvalue weighted by Crippen LogP contribution is 2.45. The summed E-state index contributed by atoms with van der Waals surface area (Å²) in [6.07, 6.45) is 2.51. The van der Waals surface area contributed by atoms with Gasteiger partial charge in [0.05, 0.1) is 30.4 Å². The summed E-state index contributed by atoms with van der Waals surface area (Å²) in [7, 11) is 1.50. The molecule has 3 atom stereocenters. The highest BCUT2D eigenvalue weighted by molar-refractivity contribution is 6.10. The second-order valence-electron chi connectivity index (χ2n) is 9.92. The summed E-state index contributed by atoms with van der Waals surface area (Å²) in [4.78, 5) is 27.0. The van der Waals surface area contributed by atoms with E-state index in [1.165, 1.54) is 7.11 Å². The van der Waals surface area contributed by atoms with E-state index in [9.17, 15) is 14.7 Å². The van der Waals surface area contributed by atoms with E-state index in [-0.39, 0.29) is 23.2 Å². The van der Waals surface area contributed by atoms with Crippen molar-refractivity contribution in [1.29, 1.82) is 0 Å². The summed E-state index contributed by atoms with van der Waals surface area (Å²) in [6, 6.07) is 29.4. The van der Waals surface area contributed by atoms with Crippen LogP contribution >= 0.6 is 0 Å². The summed E-state index contributed by atoms with van der Waals surface area (Å²) < 4.78 is 5.37. The summed E-state index contributed by atoms with van der Waals surface area (Å²) in [5, 5.41) is 17.3. The number of anilines is 2. The standard InChI is InChI=1S/C33H28N2O4/c1-39-30-19-22(13-15-28(30)36)32-31-27(17-24(18-29(31)37)20-8-4-2-5-9-20)34-26-16-23(12-14-25(26)35-32)33(38)21-10-6-3-7-11-21/h2-17,19,24,31-32,34-36H,18H2,1H3/t24-,31+,32+/m0/s1. The van der Waals surface area contributed by atoms with Gasteiger partial charge in [0.15, 0.2) is 17.3 Å². The number of phenols is 1. The van der Waals surface area contributed by atoms with Crippen LogP contribution in [-0.4, -0.2) is 23.8 Å². The van der Waals surface area contributed by atoms with Gasteiger partial charge in [-0.2, -0.15) is 0 Å². The third-order valence-corrected chi connectivity index (χ3v) is 7.52. The second kappa shape index (κ2) is 10.1. The Kier molecular flexibility index (Phi) is 6.37. The van der Waals surface area contributed by atoms with Crippen LogP contribution in [0.3, 0.4) is 0 Å². The minimum Gasteiger partial charge on any atom is -0.504 e. The number of methoxy groups -OCH3 is 1. The molecule has 3 N–H and O–H groups in total. The molecule has 194 valence electrons. The summed E-state index contributed by atoms with van der Waals surface area (Å²) in [5.41, 5.74) is 5.34. The molecule has 1 aliphatic carbocycles. The molecule has 1 aliphatic heterocycles. The number of ether oxygens (including phenoxy) is 1. The first-order valence-electron chi connectivity index (χ1n) is 13.0. The molecule has 6 nitrogen and oxygen atoms in total. The van der Waals surface area contributed by atoms with Crippen molar-refractivity contribution in [2.45, 2.75) is 18.4 Å². The minimum absolute atomic E-state index is 0.0346. The van der Waals surface area contributed by atoms with Crippen LogP contribution in [0.25, 0.3) is 0 Å². The molecule has 0 radical (unpaired) electrons. The fourth-order valence-electron chi connectivity index (χ4n) is 5.54. The number of benzene rings is 4.